The third-order valence-electron chi connectivity index (χ3n) is 6.61. The number of hydrogen-bond donors (Lipinski definition) is 0. The summed E-state index contributed by atoms with van der Waals surface area (Å²) in [7, 11) is 0. The smallest absolute Gasteiger partial charge is 0.258 e. The quantitative estimate of drug-likeness (QED) is 0.399. The van der Waals surface area contributed by atoms with Crippen LogP contribution in [-0.2, 0) is 13.2 Å². The number of ether oxygens (including phenoxy) is 1. The van der Waals surface area contributed by atoms with Crippen LogP contribution in [0.25, 0.3) is 16.6 Å². The first-order valence-electron chi connectivity index (χ1n) is 11.8. The van der Waals surface area contributed by atoms with E-state index >= 15 is 0 Å². The Hall–Kier alpha value is -3.38. The number of rotatable bonds is 8. The van der Waals surface area contributed by atoms with Crippen molar-refractivity contribution in [2.24, 2.45) is 0 Å². The van der Waals surface area contributed by atoms with Gasteiger partial charge in [-0.1, -0.05) is 37.3 Å². The van der Waals surface area contributed by atoms with E-state index in [0.29, 0.717) is 18.4 Å². The van der Waals surface area contributed by atoms with E-state index in [2.05, 4.69) is 27.7 Å². The minimum absolute atomic E-state index is 0.119. The fourth-order valence-electron chi connectivity index (χ4n) is 4.78. The normalized spacial score (nSPS) is 16.5. The Labute approximate surface area is 194 Å². The van der Waals surface area contributed by atoms with E-state index in [-0.39, 0.29) is 5.56 Å². The van der Waals surface area contributed by atoms with Crippen molar-refractivity contribution >= 4 is 10.9 Å². The SMILES string of the molecule is CC[C@H]1CCCN1CCn1ncc2cc(-n3ccc(OCc4ccccc4)cc3=O)ccc21. The van der Waals surface area contributed by atoms with Crippen LogP contribution in [0.1, 0.15) is 31.7 Å². The zero-order chi connectivity index (χ0) is 22.6. The number of nitrogens with zero attached hydrogens (tertiary/aromatic N) is 4. The number of likely N-dealkylation sites (tertiary alicyclic amines) is 1. The topological polar surface area (TPSA) is 52.3 Å². The number of hydrogen-bond acceptors (Lipinski definition) is 4. The van der Waals surface area contributed by atoms with Gasteiger partial charge >= 0.3 is 0 Å². The van der Waals surface area contributed by atoms with Crippen molar-refractivity contribution in [3.8, 4) is 11.4 Å². The summed E-state index contributed by atoms with van der Waals surface area (Å²) in [4.78, 5) is 15.3. The van der Waals surface area contributed by atoms with E-state index in [1.54, 1.807) is 10.8 Å². The molecule has 1 saturated heterocycles. The van der Waals surface area contributed by atoms with Gasteiger partial charge in [0.15, 0.2) is 0 Å². The molecule has 2 aromatic heterocycles. The van der Waals surface area contributed by atoms with Gasteiger partial charge in [-0.25, -0.2) is 0 Å². The minimum atomic E-state index is -0.119. The highest BCUT2D eigenvalue weighted by molar-refractivity contribution is 5.80. The molecular weight excluding hydrogens is 412 g/mol. The lowest BCUT2D eigenvalue weighted by Crippen LogP contribution is -2.32. The van der Waals surface area contributed by atoms with E-state index in [1.165, 1.54) is 31.9 Å². The van der Waals surface area contributed by atoms with Crippen LogP contribution in [0.2, 0.25) is 0 Å². The largest absolute Gasteiger partial charge is 0.489 e. The summed E-state index contributed by atoms with van der Waals surface area (Å²) in [6.07, 6.45) is 7.49. The molecule has 0 saturated carbocycles. The molecule has 0 radical (unpaired) electrons. The van der Waals surface area contributed by atoms with Crippen LogP contribution in [0.5, 0.6) is 5.75 Å². The van der Waals surface area contributed by atoms with Crippen LogP contribution in [0.4, 0.5) is 0 Å². The zero-order valence-corrected chi connectivity index (χ0v) is 19.1. The number of fused-ring (bicyclic) bond motifs is 1. The van der Waals surface area contributed by atoms with Crippen LogP contribution in [0, 0.1) is 0 Å². The maximum absolute atomic E-state index is 12.8. The van der Waals surface area contributed by atoms with Crippen LogP contribution in [-0.4, -0.2) is 38.4 Å². The molecule has 1 aliphatic heterocycles. The summed E-state index contributed by atoms with van der Waals surface area (Å²) >= 11 is 0. The first-order chi connectivity index (χ1) is 16.2. The maximum atomic E-state index is 12.8. The number of pyridine rings is 1. The highest BCUT2D eigenvalue weighted by Gasteiger charge is 2.22. The Morgan fingerprint density at radius 2 is 1.94 bits per heavy atom. The molecule has 4 aromatic rings. The average Bonchev–Trinajstić information content (AvgIpc) is 3.48. The van der Waals surface area contributed by atoms with Crippen molar-refractivity contribution in [3.63, 3.8) is 0 Å². The molecule has 0 bridgehead atoms. The Kier molecular flexibility index (Phi) is 6.26. The molecular formula is C27H30N4O2. The summed E-state index contributed by atoms with van der Waals surface area (Å²) in [6, 6.07) is 20.1. The van der Waals surface area contributed by atoms with Crippen molar-refractivity contribution in [3.05, 3.63) is 89.0 Å². The maximum Gasteiger partial charge on any atom is 0.258 e. The van der Waals surface area contributed by atoms with E-state index in [1.807, 2.05) is 54.7 Å². The van der Waals surface area contributed by atoms with Gasteiger partial charge in [0.05, 0.1) is 18.3 Å². The van der Waals surface area contributed by atoms with E-state index in [4.69, 9.17) is 4.74 Å². The lowest BCUT2D eigenvalue weighted by Gasteiger charge is -2.23. The van der Waals surface area contributed by atoms with Gasteiger partial charge in [-0.15, -0.1) is 0 Å². The molecule has 0 aliphatic carbocycles. The van der Waals surface area contributed by atoms with Crippen LogP contribution >= 0.6 is 0 Å². The standard InChI is InChI=1S/C27H30N4O2/c1-2-23-9-6-13-29(23)15-16-31-26-11-10-24(17-22(26)19-28-31)30-14-12-25(18-27(30)32)33-20-21-7-4-3-5-8-21/h3-5,7-8,10-12,14,17-19,23H,2,6,9,13,15-16,20H2,1H3/t23-/m0/s1. The molecule has 170 valence electrons. The Morgan fingerprint density at radius 1 is 1.06 bits per heavy atom. The fraction of sp³-hybridized carbons (Fsp3) is 0.333. The van der Waals surface area contributed by atoms with E-state index < -0.39 is 0 Å². The Balaban J connectivity index is 1.29. The fourth-order valence-corrected chi connectivity index (χ4v) is 4.78. The highest BCUT2D eigenvalue weighted by atomic mass is 16.5. The third kappa shape index (κ3) is 4.71. The van der Waals surface area contributed by atoms with Gasteiger partial charge in [-0.05, 0) is 55.6 Å². The second-order valence-corrected chi connectivity index (χ2v) is 8.70. The van der Waals surface area contributed by atoms with Crippen LogP contribution < -0.4 is 10.3 Å². The van der Waals surface area contributed by atoms with Gasteiger partial charge in [0, 0.05) is 35.9 Å². The van der Waals surface area contributed by atoms with Gasteiger partial charge in [-0.2, -0.15) is 5.10 Å². The van der Waals surface area contributed by atoms with Crippen molar-refractivity contribution in [2.75, 3.05) is 13.1 Å². The Bertz CT molecular complexity index is 1280. The van der Waals surface area contributed by atoms with Gasteiger partial charge in [0.1, 0.15) is 12.4 Å². The lowest BCUT2D eigenvalue weighted by molar-refractivity contribution is 0.236. The first kappa shape index (κ1) is 21.5. The molecule has 0 unspecified atom stereocenters. The lowest BCUT2D eigenvalue weighted by atomic mass is 10.2. The predicted molar refractivity (Wildman–Crippen MR) is 131 cm³/mol. The zero-order valence-electron chi connectivity index (χ0n) is 19.1. The molecule has 6 heteroatoms. The molecule has 1 fully saturated rings. The van der Waals surface area contributed by atoms with Crippen LogP contribution in [0.15, 0.2) is 77.9 Å². The van der Waals surface area contributed by atoms with Gasteiger partial charge in [0.25, 0.3) is 5.56 Å². The second kappa shape index (κ2) is 9.63. The molecule has 5 rings (SSSR count). The molecule has 3 heterocycles. The molecule has 33 heavy (non-hydrogen) atoms. The van der Waals surface area contributed by atoms with Gasteiger partial charge in [-0.3, -0.25) is 18.9 Å². The second-order valence-electron chi connectivity index (χ2n) is 8.70. The molecule has 1 aliphatic rings. The summed E-state index contributed by atoms with van der Waals surface area (Å²) < 4.78 is 9.51. The van der Waals surface area contributed by atoms with Crippen LogP contribution in [0.3, 0.4) is 0 Å². The van der Waals surface area contributed by atoms with Crippen molar-refractivity contribution in [2.45, 2.75) is 45.4 Å². The summed E-state index contributed by atoms with van der Waals surface area (Å²) in [5.41, 5.74) is 2.88. The van der Waals surface area contributed by atoms with E-state index in [0.717, 1.165) is 35.2 Å². The van der Waals surface area contributed by atoms with Gasteiger partial charge in [0.2, 0.25) is 0 Å². The van der Waals surface area contributed by atoms with Crippen molar-refractivity contribution in [1.82, 2.24) is 19.2 Å². The van der Waals surface area contributed by atoms with Crippen molar-refractivity contribution < 1.29 is 4.74 Å². The molecule has 1 atom stereocenters. The summed E-state index contributed by atoms with van der Waals surface area (Å²) in [6.45, 7) is 5.81. The third-order valence-corrected chi connectivity index (χ3v) is 6.61. The average molecular weight is 443 g/mol. The molecule has 0 amide bonds. The first-order valence-corrected chi connectivity index (χ1v) is 11.8. The number of benzene rings is 2. The summed E-state index contributed by atoms with van der Waals surface area (Å²) in [5.74, 6) is 0.571. The summed E-state index contributed by atoms with van der Waals surface area (Å²) in [5, 5.41) is 5.65. The minimum Gasteiger partial charge on any atom is -0.489 e. The van der Waals surface area contributed by atoms with E-state index in [9.17, 15) is 4.79 Å². The molecule has 0 spiro atoms. The Morgan fingerprint density at radius 3 is 2.76 bits per heavy atom. The highest BCUT2D eigenvalue weighted by Crippen LogP contribution is 2.21. The predicted octanol–water partition coefficient (Wildman–Crippen LogP) is 4.64. The van der Waals surface area contributed by atoms with Crippen molar-refractivity contribution in [1.29, 1.82) is 0 Å². The molecule has 6 nitrogen and oxygen atoms in total. The van der Waals surface area contributed by atoms with Gasteiger partial charge < -0.3 is 4.74 Å². The molecule has 0 N–H and O–H groups in total. The number of aromatic nitrogens is 3. The molecule has 2 aromatic carbocycles. The monoisotopic (exact) mass is 442 g/mol.